The largest absolute Gasteiger partial charge is 0.399 e. The van der Waals surface area contributed by atoms with Gasteiger partial charge < -0.3 is 5.73 Å². The van der Waals surface area contributed by atoms with Crippen molar-refractivity contribution in [3.63, 3.8) is 0 Å². The molecule has 2 nitrogen and oxygen atoms in total. The van der Waals surface area contributed by atoms with Crippen LogP contribution in [0.3, 0.4) is 0 Å². The molecule has 1 aromatic carbocycles. The van der Waals surface area contributed by atoms with Crippen molar-refractivity contribution in [1.82, 2.24) is 4.90 Å². The van der Waals surface area contributed by atoms with E-state index in [2.05, 4.69) is 52.5 Å². The summed E-state index contributed by atoms with van der Waals surface area (Å²) in [5, 5.41) is 0.719. The highest BCUT2D eigenvalue weighted by Crippen LogP contribution is 2.28. The van der Waals surface area contributed by atoms with Crippen molar-refractivity contribution in [2.75, 3.05) is 18.0 Å². The Balaban J connectivity index is 2.09. The molecule has 2 atom stereocenters. The van der Waals surface area contributed by atoms with Gasteiger partial charge in [0.15, 0.2) is 0 Å². The number of nitrogens with two attached hydrogens (primary N) is 1. The summed E-state index contributed by atoms with van der Waals surface area (Å²) in [5.41, 5.74) is 7.90. The molecule has 2 N–H and O–H groups in total. The van der Waals surface area contributed by atoms with E-state index in [9.17, 15) is 0 Å². The summed E-state index contributed by atoms with van der Waals surface area (Å²) in [4.78, 5) is 2.55. The first-order valence-corrected chi connectivity index (χ1v) is 7.81. The van der Waals surface area contributed by atoms with E-state index in [-0.39, 0.29) is 0 Å². The predicted molar refractivity (Wildman–Crippen MR) is 80.3 cm³/mol. The van der Waals surface area contributed by atoms with Gasteiger partial charge in [0.05, 0.1) is 0 Å². The maximum absolute atomic E-state index is 5.76. The zero-order valence-electron chi connectivity index (χ0n) is 10.3. The third-order valence-corrected chi connectivity index (χ3v) is 5.54. The van der Waals surface area contributed by atoms with Gasteiger partial charge in [0.1, 0.15) is 0 Å². The molecular weight excluding hydrogens is 296 g/mol. The number of halogens is 1. The molecule has 17 heavy (non-hydrogen) atoms. The van der Waals surface area contributed by atoms with Gasteiger partial charge in [0, 0.05) is 40.3 Å². The van der Waals surface area contributed by atoms with Crippen molar-refractivity contribution in [1.29, 1.82) is 0 Å². The van der Waals surface area contributed by atoms with Crippen molar-refractivity contribution in [2.45, 2.75) is 31.7 Å². The first kappa shape index (κ1) is 13.2. The van der Waals surface area contributed by atoms with Gasteiger partial charge in [-0.15, -0.1) is 0 Å². The number of hydrogen-bond donors (Lipinski definition) is 1. The van der Waals surface area contributed by atoms with Gasteiger partial charge in [-0.25, -0.2) is 0 Å². The SMILES string of the molecule is CC1SCCN(Cc2ccc(N)cc2Br)C1C. The van der Waals surface area contributed by atoms with Gasteiger partial charge >= 0.3 is 0 Å². The Kier molecular flexibility index (Phi) is 4.39. The van der Waals surface area contributed by atoms with E-state index in [1.54, 1.807) is 0 Å². The Bertz CT molecular complexity index is 397. The molecule has 0 spiro atoms. The van der Waals surface area contributed by atoms with E-state index in [1.165, 1.54) is 17.9 Å². The molecule has 94 valence electrons. The highest BCUT2D eigenvalue weighted by Gasteiger charge is 2.25. The molecule has 1 fully saturated rings. The first-order chi connectivity index (χ1) is 8.08. The fourth-order valence-electron chi connectivity index (χ4n) is 2.13. The van der Waals surface area contributed by atoms with Crippen LogP contribution in [0.5, 0.6) is 0 Å². The van der Waals surface area contributed by atoms with E-state index in [4.69, 9.17) is 5.73 Å². The minimum Gasteiger partial charge on any atom is -0.399 e. The van der Waals surface area contributed by atoms with Gasteiger partial charge in [-0.1, -0.05) is 28.9 Å². The van der Waals surface area contributed by atoms with Crippen LogP contribution >= 0.6 is 27.7 Å². The molecule has 0 bridgehead atoms. The van der Waals surface area contributed by atoms with Crippen molar-refractivity contribution in [3.8, 4) is 0 Å². The smallest absolute Gasteiger partial charge is 0.0325 e. The number of benzene rings is 1. The number of anilines is 1. The fraction of sp³-hybridized carbons (Fsp3) is 0.538. The number of thioether (sulfide) groups is 1. The summed E-state index contributed by atoms with van der Waals surface area (Å²) >= 11 is 5.67. The molecule has 0 radical (unpaired) electrons. The van der Waals surface area contributed by atoms with Crippen LogP contribution in [0.15, 0.2) is 22.7 Å². The van der Waals surface area contributed by atoms with E-state index in [0.29, 0.717) is 6.04 Å². The van der Waals surface area contributed by atoms with Gasteiger partial charge in [0.25, 0.3) is 0 Å². The van der Waals surface area contributed by atoms with Crippen LogP contribution in [0, 0.1) is 0 Å². The van der Waals surface area contributed by atoms with E-state index >= 15 is 0 Å². The van der Waals surface area contributed by atoms with Gasteiger partial charge in [-0.05, 0) is 24.6 Å². The number of hydrogen-bond acceptors (Lipinski definition) is 3. The lowest BCUT2D eigenvalue weighted by Crippen LogP contribution is -2.43. The van der Waals surface area contributed by atoms with Gasteiger partial charge in [-0.2, -0.15) is 11.8 Å². The number of nitrogen functional groups attached to an aromatic ring is 1. The lowest BCUT2D eigenvalue weighted by Gasteiger charge is -2.37. The molecule has 1 aromatic rings. The third kappa shape index (κ3) is 3.18. The Morgan fingerprint density at radius 2 is 2.24 bits per heavy atom. The Morgan fingerprint density at radius 3 is 2.94 bits per heavy atom. The monoisotopic (exact) mass is 314 g/mol. The second kappa shape index (κ2) is 5.63. The lowest BCUT2D eigenvalue weighted by atomic mass is 10.1. The Labute approximate surface area is 116 Å². The molecule has 2 rings (SSSR count). The minimum absolute atomic E-state index is 0.637. The molecule has 1 saturated heterocycles. The summed E-state index contributed by atoms with van der Waals surface area (Å²) < 4.78 is 1.12. The van der Waals surface area contributed by atoms with Crippen LogP contribution in [-0.2, 0) is 6.54 Å². The quantitative estimate of drug-likeness (QED) is 0.849. The van der Waals surface area contributed by atoms with Crippen LogP contribution in [0.4, 0.5) is 5.69 Å². The third-order valence-electron chi connectivity index (χ3n) is 3.47. The second-order valence-electron chi connectivity index (χ2n) is 4.64. The molecule has 0 saturated carbocycles. The Hall–Kier alpha value is -0.190. The van der Waals surface area contributed by atoms with Crippen LogP contribution in [-0.4, -0.2) is 28.5 Å². The first-order valence-electron chi connectivity index (χ1n) is 5.97. The number of nitrogens with zero attached hydrogens (tertiary/aromatic N) is 1. The highest BCUT2D eigenvalue weighted by molar-refractivity contribution is 9.10. The molecule has 0 aromatic heterocycles. The highest BCUT2D eigenvalue weighted by atomic mass is 79.9. The average Bonchev–Trinajstić information content (AvgIpc) is 2.28. The fourth-order valence-corrected chi connectivity index (χ4v) is 3.81. The van der Waals surface area contributed by atoms with E-state index in [1.807, 2.05) is 12.1 Å². The second-order valence-corrected chi connectivity index (χ2v) is 6.98. The molecule has 1 aliphatic heterocycles. The summed E-state index contributed by atoms with van der Waals surface area (Å²) in [6.07, 6.45) is 0. The molecular formula is C13H19BrN2S. The van der Waals surface area contributed by atoms with Crippen LogP contribution < -0.4 is 5.73 Å². The van der Waals surface area contributed by atoms with Crippen LogP contribution in [0.1, 0.15) is 19.4 Å². The zero-order valence-corrected chi connectivity index (χ0v) is 12.7. The van der Waals surface area contributed by atoms with Crippen molar-refractivity contribution < 1.29 is 0 Å². The van der Waals surface area contributed by atoms with Crippen LogP contribution in [0.25, 0.3) is 0 Å². The maximum atomic E-state index is 5.76. The molecule has 0 amide bonds. The summed E-state index contributed by atoms with van der Waals surface area (Å²) in [6, 6.07) is 6.73. The molecule has 1 aliphatic rings. The van der Waals surface area contributed by atoms with E-state index in [0.717, 1.165) is 22.0 Å². The van der Waals surface area contributed by atoms with Crippen LogP contribution in [0.2, 0.25) is 0 Å². The predicted octanol–water partition coefficient (Wildman–Crippen LogP) is 3.36. The summed E-state index contributed by atoms with van der Waals surface area (Å²) in [6.45, 7) is 6.82. The van der Waals surface area contributed by atoms with Crippen molar-refractivity contribution in [3.05, 3.63) is 28.2 Å². The maximum Gasteiger partial charge on any atom is 0.0325 e. The minimum atomic E-state index is 0.637. The lowest BCUT2D eigenvalue weighted by molar-refractivity contribution is 0.204. The number of rotatable bonds is 2. The van der Waals surface area contributed by atoms with Gasteiger partial charge in [0.2, 0.25) is 0 Å². The standard InChI is InChI=1S/C13H19BrN2S/c1-9-10(2)17-6-5-16(9)8-11-3-4-12(15)7-13(11)14/h3-4,7,9-10H,5-6,8,15H2,1-2H3. The molecule has 2 unspecified atom stereocenters. The Morgan fingerprint density at radius 1 is 1.47 bits per heavy atom. The summed E-state index contributed by atoms with van der Waals surface area (Å²) in [7, 11) is 0. The van der Waals surface area contributed by atoms with Crippen molar-refractivity contribution in [2.24, 2.45) is 0 Å². The summed E-state index contributed by atoms with van der Waals surface area (Å²) in [5.74, 6) is 1.23. The zero-order chi connectivity index (χ0) is 12.4. The van der Waals surface area contributed by atoms with Gasteiger partial charge in [-0.3, -0.25) is 4.90 Å². The van der Waals surface area contributed by atoms with Crippen molar-refractivity contribution >= 4 is 33.4 Å². The normalized spacial score (nSPS) is 26.1. The topological polar surface area (TPSA) is 29.3 Å². The molecule has 0 aliphatic carbocycles. The van der Waals surface area contributed by atoms with E-state index < -0.39 is 0 Å². The average molecular weight is 315 g/mol. The molecule has 4 heteroatoms. The molecule has 1 heterocycles.